The third kappa shape index (κ3) is 3.71. The fourth-order valence-corrected chi connectivity index (χ4v) is 5.59. The van der Waals surface area contributed by atoms with Crippen LogP contribution in [0.1, 0.15) is 44.2 Å². The molecule has 1 saturated heterocycles. The van der Waals surface area contributed by atoms with Crippen LogP contribution in [0.3, 0.4) is 0 Å². The summed E-state index contributed by atoms with van der Waals surface area (Å²) in [6, 6.07) is 7.53. The van der Waals surface area contributed by atoms with Crippen LogP contribution in [0.25, 0.3) is 0 Å². The summed E-state index contributed by atoms with van der Waals surface area (Å²) in [7, 11) is 3.21. The van der Waals surface area contributed by atoms with Crippen LogP contribution in [0.4, 0.5) is 14.5 Å². The molecule has 8 heteroatoms. The molecule has 0 aromatic heterocycles. The number of carbonyl (C=O) groups excluding carboxylic acids is 2. The number of nitrogens with zero attached hydrogens (tertiary/aromatic N) is 1. The van der Waals surface area contributed by atoms with E-state index in [1.165, 1.54) is 17.0 Å². The van der Waals surface area contributed by atoms with Gasteiger partial charge in [-0.3, -0.25) is 9.59 Å². The van der Waals surface area contributed by atoms with Gasteiger partial charge in [-0.15, -0.1) is 0 Å². The molecule has 2 aliphatic rings. The summed E-state index contributed by atoms with van der Waals surface area (Å²) in [6.45, 7) is 6.12. The number of nitrogens with one attached hydrogen (secondary N) is 2. The lowest BCUT2D eigenvalue weighted by Crippen LogP contribution is -2.49. The fraction of sp³-hybridized carbons (Fsp3) is 0.440. The van der Waals surface area contributed by atoms with E-state index in [9.17, 15) is 14.0 Å². The third-order valence-electron chi connectivity index (χ3n) is 6.65. The largest absolute Gasteiger partial charge is 0.347 e. The van der Waals surface area contributed by atoms with Crippen molar-refractivity contribution < 1.29 is 18.4 Å². The molecule has 1 spiro atoms. The van der Waals surface area contributed by atoms with Crippen LogP contribution < -0.4 is 10.6 Å². The van der Waals surface area contributed by atoms with Crippen LogP contribution in [0.5, 0.6) is 0 Å². The molecule has 0 bridgehead atoms. The van der Waals surface area contributed by atoms with Gasteiger partial charge >= 0.3 is 0 Å². The molecule has 0 saturated carbocycles. The van der Waals surface area contributed by atoms with Crippen molar-refractivity contribution in [3.63, 3.8) is 0 Å². The molecule has 2 aromatic rings. The number of amides is 2. The molecule has 0 radical (unpaired) electrons. The minimum absolute atomic E-state index is 0.00272. The second-order valence-electron chi connectivity index (χ2n) is 10.3. The van der Waals surface area contributed by atoms with Crippen LogP contribution in [0, 0.1) is 17.0 Å². The molecule has 2 aromatic carbocycles. The van der Waals surface area contributed by atoms with E-state index in [-0.39, 0.29) is 22.8 Å². The normalized spacial score (nSPS) is 26.4. The van der Waals surface area contributed by atoms with Gasteiger partial charge in [-0.2, -0.15) is 0 Å². The molecule has 176 valence electrons. The zero-order valence-corrected chi connectivity index (χ0v) is 20.1. The predicted molar refractivity (Wildman–Crippen MR) is 124 cm³/mol. The molecule has 4 rings (SSSR count). The van der Waals surface area contributed by atoms with E-state index in [2.05, 4.69) is 10.6 Å². The van der Waals surface area contributed by atoms with Crippen molar-refractivity contribution >= 4 is 29.1 Å². The van der Waals surface area contributed by atoms with Crippen LogP contribution in [0.2, 0.25) is 5.02 Å². The van der Waals surface area contributed by atoms with Gasteiger partial charge in [-0.1, -0.05) is 50.6 Å². The number of likely N-dealkylation sites (N-methyl/N-ethyl adjacent to an activating group) is 1. The molecule has 2 heterocycles. The van der Waals surface area contributed by atoms with Crippen molar-refractivity contribution in [1.82, 2.24) is 10.2 Å². The number of hydrogen-bond donors (Lipinski definition) is 2. The maximum Gasteiger partial charge on any atom is 0.239 e. The average Bonchev–Trinajstić information content (AvgIpc) is 3.18. The van der Waals surface area contributed by atoms with Crippen molar-refractivity contribution in [3.05, 3.63) is 64.2 Å². The van der Waals surface area contributed by atoms with Crippen LogP contribution in [0.15, 0.2) is 36.4 Å². The Morgan fingerprint density at radius 1 is 1.18 bits per heavy atom. The highest BCUT2D eigenvalue weighted by molar-refractivity contribution is 6.31. The van der Waals surface area contributed by atoms with E-state index >= 15 is 4.39 Å². The van der Waals surface area contributed by atoms with Gasteiger partial charge in [0.05, 0.1) is 6.04 Å². The van der Waals surface area contributed by atoms with Crippen molar-refractivity contribution in [3.8, 4) is 0 Å². The highest BCUT2D eigenvalue weighted by atomic mass is 35.5. The topological polar surface area (TPSA) is 61.4 Å². The minimum Gasteiger partial charge on any atom is -0.347 e. The van der Waals surface area contributed by atoms with E-state index in [0.29, 0.717) is 22.7 Å². The van der Waals surface area contributed by atoms with Crippen molar-refractivity contribution in [2.24, 2.45) is 5.41 Å². The quantitative estimate of drug-likeness (QED) is 0.689. The SMILES string of the molecule is CN(C)C(=O)[C@@H]1NC(CC(C)(C)C)[C@]2(C(=O)Nc3cc(Cl)ccc32)[C@H]1c1cccc(F)c1F. The van der Waals surface area contributed by atoms with Gasteiger partial charge in [0.25, 0.3) is 0 Å². The molecule has 2 N–H and O–H groups in total. The number of hydrogen-bond acceptors (Lipinski definition) is 3. The second-order valence-corrected chi connectivity index (χ2v) is 10.8. The van der Waals surface area contributed by atoms with Crippen molar-refractivity contribution in [2.45, 2.75) is 50.6 Å². The molecule has 1 fully saturated rings. The average molecular weight is 476 g/mol. The van der Waals surface area contributed by atoms with Crippen LogP contribution in [-0.2, 0) is 15.0 Å². The lowest BCUT2D eigenvalue weighted by molar-refractivity contribution is -0.131. The molecule has 4 atom stereocenters. The van der Waals surface area contributed by atoms with Gasteiger partial charge in [-0.05, 0) is 41.2 Å². The molecule has 1 unspecified atom stereocenters. The smallest absolute Gasteiger partial charge is 0.239 e. The molecular weight excluding hydrogens is 448 g/mol. The maximum atomic E-state index is 15.3. The van der Waals surface area contributed by atoms with E-state index < -0.39 is 35.1 Å². The molecular formula is C25H28ClF2N3O2. The molecule has 33 heavy (non-hydrogen) atoms. The first-order valence-corrected chi connectivity index (χ1v) is 11.3. The van der Waals surface area contributed by atoms with E-state index in [4.69, 9.17) is 11.6 Å². The van der Waals surface area contributed by atoms with E-state index in [0.717, 1.165) is 6.07 Å². The first kappa shape index (κ1) is 23.6. The lowest BCUT2D eigenvalue weighted by atomic mass is 9.62. The first-order valence-electron chi connectivity index (χ1n) is 10.9. The highest BCUT2D eigenvalue weighted by Gasteiger charge is 2.66. The Bertz CT molecular complexity index is 1130. The van der Waals surface area contributed by atoms with Gasteiger partial charge in [0.1, 0.15) is 5.41 Å². The van der Waals surface area contributed by atoms with Gasteiger partial charge in [0, 0.05) is 36.8 Å². The number of halogens is 3. The maximum absolute atomic E-state index is 15.3. The number of benzene rings is 2. The summed E-state index contributed by atoms with van der Waals surface area (Å²) in [5.41, 5.74) is -0.411. The Labute approximate surface area is 197 Å². The van der Waals surface area contributed by atoms with E-state index in [1.54, 1.807) is 32.3 Å². The first-order chi connectivity index (χ1) is 15.4. The van der Waals surface area contributed by atoms with Crippen LogP contribution in [-0.4, -0.2) is 42.9 Å². The summed E-state index contributed by atoms with van der Waals surface area (Å²) >= 11 is 6.19. The molecule has 2 amide bonds. The molecule has 2 aliphatic heterocycles. The number of rotatable bonds is 3. The fourth-order valence-electron chi connectivity index (χ4n) is 5.42. The Morgan fingerprint density at radius 3 is 2.52 bits per heavy atom. The van der Waals surface area contributed by atoms with Crippen LogP contribution >= 0.6 is 11.6 Å². The second kappa shape index (κ2) is 8.06. The molecule has 0 aliphatic carbocycles. The number of anilines is 1. The predicted octanol–water partition coefficient (Wildman–Crippen LogP) is 4.46. The summed E-state index contributed by atoms with van der Waals surface area (Å²) in [6.07, 6.45) is 0.521. The lowest BCUT2D eigenvalue weighted by Gasteiger charge is -2.37. The monoisotopic (exact) mass is 475 g/mol. The Hall–Kier alpha value is -2.51. The van der Waals surface area contributed by atoms with Crippen molar-refractivity contribution in [2.75, 3.05) is 19.4 Å². The van der Waals surface area contributed by atoms with Gasteiger partial charge in [0.15, 0.2) is 11.6 Å². The standard InChI is InChI=1S/C25H28ClF2N3O2/c1-24(2,3)12-18-25(15-10-9-13(26)11-17(15)29-23(25)33)19(21(30-18)22(32)31(4)5)14-7-6-8-16(27)20(14)28/h6-11,18-19,21,30H,12H2,1-5H3,(H,29,33)/t18?,19-,21+,25-/m0/s1. The summed E-state index contributed by atoms with van der Waals surface area (Å²) < 4.78 is 29.7. The minimum atomic E-state index is -1.34. The Kier molecular flexibility index (Phi) is 5.78. The summed E-state index contributed by atoms with van der Waals surface area (Å²) in [5, 5.41) is 6.72. The number of fused-ring (bicyclic) bond motifs is 2. The van der Waals surface area contributed by atoms with Gasteiger partial charge in [-0.25, -0.2) is 8.78 Å². The van der Waals surface area contributed by atoms with Gasteiger partial charge in [0.2, 0.25) is 11.8 Å². The Morgan fingerprint density at radius 2 is 1.88 bits per heavy atom. The molecule has 5 nitrogen and oxygen atoms in total. The van der Waals surface area contributed by atoms with E-state index in [1.807, 2.05) is 20.8 Å². The summed E-state index contributed by atoms with van der Waals surface area (Å²) in [5.74, 6) is -3.71. The van der Waals surface area contributed by atoms with Gasteiger partial charge < -0.3 is 15.5 Å². The van der Waals surface area contributed by atoms with Crippen molar-refractivity contribution in [1.29, 1.82) is 0 Å². The summed E-state index contributed by atoms with van der Waals surface area (Å²) in [4.78, 5) is 28.6. The number of carbonyl (C=O) groups is 2. The highest BCUT2D eigenvalue weighted by Crippen LogP contribution is 2.57. The third-order valence-corrected chi connectivity index (χ3v) is 6.88. The zero-order chi connectivity index (χ0) is 24.3. The zero-order valence-electron chi connectivity index (χ0n) is 19.3. The Balaban J connectivity index is 2.05.